The molecule has 33 heavy (non-hydrogen) atoms. The molecule has 1 atom stereocenters. The van der Waals surface area contributed by atoms with Crippen LogP contribution in [0.15, 0.2) is 64.5 Å². The van der Waals surface area contributed by atoms with E-state index in [-0.39, 0.29) is 16.0 Å². The van der Waals surface area contributed by atoms with Gasteiger partial charge in [0, 0.05) is 11.9 Å². The van der Waals surface area contributed by atoms with Crippen LogP contribution in [0, 0.1) is 0 Å². The number of piperidine rings is 1. The number of ether oxygens (including phenoxy) is 2. The molecule has 0 saturated carbocycles. The summed E-state index contributed by atoms with van der Waals surface area (Å²) in [6.07, 6.45) is 3.50. The lowest BCUT2D eigenvalue weighted by Gasteiger charge is -2.33. The molecule has 170 valence electrons. The third-order valence-electron chi connectivity index (χ3n) is 6.53. The van der Waals surface area contributed by atoms with Crippen molar-refractivity contribution in [3.8, 4) is 11.5 Å². The lowest BCUT2D eigenvalue weighted by atomic mass is 10.1. The van der Waals surface area contributed by atoms with Crippen LogP contribution in [-0.2, 0) is 9.84 Å². The molecule has 0 amide bonds. The van der Waals surface area contributed by atoms with Gasteiger partial charge in [-0.1, -0.05) is 42.8 Å². The van der Waals surface area contributed by atoms with E-state index in [0.29, 0.717) is 34.4 Å². The summed E-state index contributed by atoms with van der Waals surface area (Å²) in [7, 11) is -3.89. The van der Waals surface area contributed by atoms with Gasteiger partial charge in [-0.2, -0.15) is 5.10 Å². The summed E-state index contributed by atoms with van der Waals surface area (Å²) in [5.41, 5.74) is 0.537. The quantitative estimate of drug-likeness (QED) is 0.489. The number of hydrogen-bond acceptors (Lipinski definition) is 6. The van der Waals surface area contributed by atoms with Crippen LogP contribution in [0.4, 0.5) is 0 Å². The van der Waals surface area contributed by atoms with Crippen molar-refractivity contribution in [1.82, 2.24) is 15.1 Å². The van der Waals surface area contributed by atoms with Crippen LogP contribution in [-0.4, -0.2) is 55.9 Å². The number of nitrogens with one attached hydrogen (secondary N) is 1. The normalized spacial score (nSPS) is 19.2. The number of benzene rings is 3. The Bertz CT molecular complexity index is 1440. The molecule has 1 fully saturated rings. The molecule has 0 bridgehead atoms. The molecule has 1 saturated heterocycles. The summed E-state index contributed by atoms with van der Waals surface area (Å²) in [4.78, 5) is 2.64. The predicted octanol–water partition coefficient (Wildman–Crippen LogP) is 4.17. The second-order valence-electron chi connectivity index (χ2n) is 8.73. The van der Waals surface area contributed by atoms with Gasteiger partial charge in [0.05, 0.1) is 15.8 Å². The van der Waals surface area contributed by atoms with Crippen molar-refractivity contribution in [1.29, 1.82) is 0 Å². The van der Waals surface area contributed by atoms with Crippen LogP contribution < -0.4 is 9.47 Å². The van der Waals surface area contributed by atoms with Crippen LogP contribution in [0.25, 0.3) is 21.7 Å². The fraction of sp³-hybridized carbons (Fsp3) is 0.320. The minimum absolute atomic E-state index is 0.0351. The third-order valence-corrected chi connectivity index (χ3v) is 8.30. The van der Waals surface area contributed by atoms with Crippen molar-refractivity contribution in [2.24, 2.45) is 0 Å². The first-order chi connectivity index (χ1) is 16.1. The second-order valence-corrected chi connectivity index (χ2v) is 10.6. The Hall–Kier alpha value is -3.10. The minimum Gasteiger partial charge on any atom is -0.486 e. The lowest BCUT2D eigenvalue weighted by molar-refractivity contribution is 0.0547. The number of nitrogens with zero attached hydrogens (tertiary/aromatic N) is 2. The number of likely N-dealkylation sites (tertiary alicyclic amines) is 1. The Morgan fingerprint density at radius 1 is 1.00 bits per heavy atom. The third kappa shape index (κ3) is 3.54. The molecule has 7 nitrogen and oxygen atoms in total. The van der Waals surface area contributed by atoms with Gasteiger partial charge in [-0.3, -0.25) is 10.00 Å². The molecule has 0 aliphatic carbocycles. The monoisotopic (exact) mass is 463 g/mol. The smallest absolute Gasteiger partial charge is 0.224 e. The number of rotatable bonds is 4. The molecule has 0 radical (unpaired) electrons. The molecule has 0 spiro atoms. The largest absolute Gasteiger partial charge is 0.486 e. The fourth-order valence-electron chi connectivity index (χ4n) is 4.90. The van der Waals surface area contributed by atoms with Crippen molar-refractivity contribution < 1.29 is 17.9 Å². The van der Waals surface area contributed by atoms with Gasteiger partial charge in [-0.25, -0.2) is 8.42 Å². The summed E-state index contributed by atoms with van der Waals surface area (Å²) >= 11 is 0. The number of H-pyrrole nitrogens is 1. The summed E-state index contributed by atoms with van der Waals surface area (Å²) < 4.78 is 40.0. The van der Waals surface area contributed by atoms with Crippen LogP contribution in [0.2, 0.25) is 0 Å². The average molecular weight is 464 g/mol. The highest BCUT2D eigenvalue weighted by atomic mass is 32.2. The number of fused-ring (bicyclic) bond motifs is 4. The number of aromatic amines is 1. The fourth-order valence-corrected chi connectivity index (χ4v) is 6.49. The molecular weight excluding hydrogens is 438 g/mol. The van der Waals surface area contributed by atoms with Gasteiger partial charge in [-0.05, 0) is 49.5 Å². The summed E-state index contributed by atoms with van der Waals surface area (Å²) in [5, 5.41) is 9.09. The minimum atomic E-state index is -3.89. The molecule has 1 aromatic heterocycles. The molecule has 8 heteroatoms. The van der Waals surface area contributed by atoms with E-state index in [0.717, 1.165) is 25.0 Å². The van der Waals surface area contributed by atoms with E-state index >= 15 is 0 Å². The number of hydrogen-bond donors (Lipinski definition) is 1. The molecule has 3 aromatic carbocycles. The van der Waals surface area contributed by atoms with Crippen LogP contribution >= 0.6 is 0 Å². The lowest BCUT2D eigenvalue weighted by Crippen LogP contribution is -2.43. The zero-order chi connectivity index (χ0) is 22.4. The Morgan fingerprint density at radius 2 is 1.82 bits per heavy atom. The zero-order valence-electron chi connectivity index (χ0n) is 18.2. The van der Waals surface area contributed by atoms with E-state index in [2.05, 4.69) is 15.1 Å². The van der Waals surface area contributed by atoms with Crippen molar-refractivity contribution in [2.75, 3.05) is 26.2 Å². The van der Waals surface area contributed by atoms with E-state index in [4.69, 9.17) is 9.47 Å². The van der Waals surface area contributed by atoms with Gasteiger partial charge in [0.25, 0.3) is 0 Å². The van der Waals surface area contributed by atoms with E-state index in [9.17, 15) is 8.42 Å². The Balaban J connectivity index is 1.43. The van der Waals surface area contributed by atoms with Crippen LogP contribution in [0.5, 0.6) is 11.5 Å². The number of aromatic nitrogens is 2. The van der Waals surface area contributed by atoms with Gasteiger partial charge < -0.3 is 9.47 Å². The molecule has 1 N–H and O–H groups in total. The van der Waals surface area contributed by atoms with E-state index in [1.165, 1.54) is 19.3 Å². The Morgan fingerprint density at radius 3 is 2.70 bits per heavy atom. The van der Waals surface area contributed by atoms with Gasteiger partial charge in [0.1, 0.15) is 12.7 Å². The Labute approximate surface area is 192 Å². The molecule has 2 aliphatic heterocycles. The van der Waals surface area contributed by atoms with Gasteiger partial charge in [-0.15, -0.1) is 0 Å². The molecular formula is C25H25N3O4S. The predicted molar refractivity (Wildman–Crippen MR) is 126 cm³/mol. The summed E-state index contributed by atoms with van der Waals surface area (Å²) in [6.45, 7) is 3.32. The zero-order valence-corrected chi connectivity index (χ0v) is 19.0. The first kappa shape index (κ1) is 20.5. The van der Waals surface area contributed by atoms with Gasteiger partial charge in [0.2, 0.25) is 9.84 Å². The molecule has 3 heterocycles. The van der Waals surface area contributed by atoms with Crippen molar-refractivity contribution in [3.05, 3.63) is 54.6 Å². The Kier molecular flexibility index (Phi) is 4.99. The van der Waals surface area contributed by atoms with E-state index in [1.807, 2.05) is 30.3 Å². The SMILES string of the molecule is O=S(=O)(c1cccc2ccccc12)c1[nH]nc2ccc3c(c12)O[C@@H](CN1CCCCC1)CO3. The van der Waals surface area contributed by atoms with Crippen LogP contribution in [0.1, 0.15) is 19.3 Å². The van der Waals surface area contributed by atoms with Crippen molar-refractivity contribution >= 4 is 31.5 Å². The molecule has 2 aliphatic rings. The molecule has 6 rings (SSSR count). The standard InChI is InChI=1S/C25H25N3O4S/c29-33(30,22-10-6-8-17-7-2-3-9-19(17)22)25-23-20(26-27-25)11-12-21-24(23)32-18(16-31-21)15-28-13-4-1-5-14-28/h2-3,6-12,18H,1,4-5,13-16H2,(H,26,27)/t18-/m0/s1. The maximum atomic E-state index is 13.8. The van der Waals surface area contributed by atoms with Crippen molar-refractivity contribution in [3.63, 3.8) is 0 Å². The van der Waals surface area contributed by atoms with Crippen molar-refractivity contribution in [2.45, 2.75) is 35.3 Å². The topological polar surface area (TPSA) is 84.5 Å². The highest BCUT2D eigenvalue weighted by molar-refractivity contribution is 7.91. The highest BCUT2D eigenvalue weighted by Crippen LogP contribution is 2.42. The number of sulfone groups is 1. The maximum Gasteiger partial charge on any atom is 0.224 e. The summed E-state index contributed by atoms with van der Waals surface area (Å²) in [6, 6.07) is 16.3. The summed E-state index contributed by atoms with van der Waals surface area (Å²) in [5.74, 6) is 1.00. The average Bonchev–Trinajstić information content (AvgIpc) is 3.30. The van der Waals surface area contributed by atoms with Crippen LogP contribution in [0.3, 0.4) is 0 Å². The molecule has 4 aromatic rings. The maximum absolute atomic E-state index is 13.8. The highest BCUT2D eigenvalue weighted by Gasteiger charge is 2.32. The second kappa shape index (κ2) is 8.04. The first-order valence-electron chi connectivity index (χ1n) is 11.4. The van der Waals surface area contributed by atoms with Gasteiger partial charge in [0.15, 0.2) is 16.5 Å². The van der Waals surface area contributed by atoms with E-state index in [1.54, 1.807) is 24.3 Å². The molecule has 0 unspecified atom stereocenters. The first-order valence-corrected chi connectivity index (χ1v) is 12.9. The van der Waals surface area contributed by atoms with E-state index < -0.39 is 9.84 Å². The van der Waals surface area contributed by atoms with Gasteiger partial charge >= 0.3 is 0 Å².